The molecule has 0 spiro atoms. The zero-order valence-corrected chi connectivity index (χ0v) is 8.21. The van der Waals surface area contributed by atoms with Crippen LogP contribution < -0.4 is 0 Å². The van der Waals surface area contributed by atoms with E-state index < -0.39 is 10.1 Å². The zero-order valence-electron chi connectivity index (χ0n) is 7.39. The first-order valence-corrected chi connectivity index (χ1v) is 5.54. The predicted octanol–water partition coefficient (Wildman–Crippen LogP) is 0.517. The maximum atomic E-state index is 10.3. The lowest BCUT2D eigenvalue weighted by atomic mass is 10.2. The van der Waals surface area contributed by atoms with Gasteiger partial charge in [0.25, 0.3) is 10.1 Å². The van der Waals surface area contributed by atoms with Crippen LogP contribution in [0.2, 0.25) is 0 Å². The van der Waals surface area contributed by atoms with E-state index in [4.69, 9.17) is 4.55 Å². The third-order valence-electron chi connectivity index (χ3n) is 1.51. The van der Waals surface area contributed by atoms with Gasteiger partial charge >= 0.3 is 6.47 Å². The van der Waals surface area contributed by atoms with Crippen molar-refractivity contribution in [2.75, 3.05) is 5.75 Å². The van der Waals surface area contributed by atoms with Gasteiger partial charge in [-0.1, -0.05) is 0 Å². The van der Waals surface area contributed by atoms with Crippen molar-refractivity contribution in [1.29, 1.82) is 0 Å². The van der Waals surface area contributed by atoms with E-state index >= 15 is 0 Å². The lowest BCUT2D eigenvalue weighted by Crippen LogP contribution is -2.08. The Balaban J connectivity index is 3.41. The van der Waals surface area contributed by atoms with Crippen LogP contribution in [0.5, 0.6) is 0 Å². The Labute approximate surface area is 77.8 Å². The van der Waals surface area contributed by atoms with Crippen LogP contribution in [0.15, 0.2) is 0 Å². The van der Waals surface area contributed by atoms with Gasteiger partial charge in [0, 0.05) is 0 Å². The molecule has 0 bridgehead atoms. The van der Waals surface area contributed by atoms with E-state index in [0.29, 0.717) is 19.3 Å². The molecular weight excluding hydrogens is 196 g/mol. The summed E-state index contributed by atoms with van der Waals surface area (Å²) in [6.45, 7) is 3.00. The standard InChI is InChI=1S/C7H13O5S/c1-7(12-6-8)4-2-3-5-13(9,10)11/h7H,2-5H2,1H3,(H,9,10,11). The Hall–Kier alpha value is -0.620. The molecule has 0 aliphatic carbocycles. The van der Waals surface area contributed by atoms with E-state index in [1.54, 1.807) is 6.92 Å². The molecule has 0 aliphatic rings. The van der Waals surface area contributed by atoms with Crippen LogP contribution >= 0.6 is 0 Å². The molecule has 0 amide bonds. The molecule has 77 valence electrons. The van der Waals surface area contributed by atoms with E-state index in [0.717, 1.165) is 0 Å². The maximum absolute atomic E-state index is 10.3. The van der Waals surface area contributed by atoms with Crippen molar-refractivity contribution in [3.8, 4) is 0 Å². The third-order valence-corrected chi connectivity index (χ3v) is 2.32. The van der Waals surface area contributed by atoms with Gasteiger partial charge in [-0.25, -0.2) is 4.79 Å². The number of hydrogen-bond acceptors (Lipinski definition) is 4. The predicted molar refractivity (Wildman–Crippen MR) is 46.5 cm³/mol. The van der Waals surface area contributed by atoms with Crippen molar-refractivity contribution in [2.45, 2.75) is 32.3 Å². The molecule has 0 heterocycles. The van der Waals surface area contributed by atoms with Gasteiger partial charge in [0.1, 0.15) is 0 Å². The second-order valence-electron chi connectivity index (χ2n) is 2.79. The normalized spacial score (nSPS) is 13.7. The Morgan fingerprint density at radius 2 is 2.08 bits per heavy atom. The molecule has 13 heavy (non-hydrogen) atoms. The van der Waals surface area contributed by atoms with Gasteiger partial charge < -0.3 is 4.74 Å². The lowest BCUT2D eigenvalue weighted by Gasteiger charge is -2.06. The van der Waals surface area contributed by atoms with Crippen molar-refractivity contribution in [3.63, 3.8) is 0 Å². The first-order chi connectivity index (χ1) is 5.95. The highest BCUT2D eigenvalue weighted by Gasteiger charge is 2.06. The topological polar surface area (TPSA) is 80.7 Å². The quantitative estimate of drug-likeness (QED) is 0.488. The van der Waals surface area contributed by atoms with Gasteiger partial charge in [-0.15, -0.1) is 0 Å². The van der Waals surface area contributed by atoms with Crippen LogP contribution in [-0.2, 0) is 19.6 Å². The number of unbranched alkanes of at least 4 members (excludes halogenated alkanes) is 1. The largest absolute Gasteiger partial charge is 0.454 e. The Kier molecular flexibility index (Phi) is 5.65. The van der Waals surface area contributed by atoms with Gasteiger partial charge in [0.2, 0.25) is 0 Å². The summed E-state index contributed by atoms with van der Waals surface area (Å²) in [6, 6.07) is 0. The summed E-state index contributed by atoms with van der Waals surface area (Å²) in [5.41, 5.74) is 0. The second-order valence-corrected chi connectivity index (χ2v) is 4.37. The zero-order chi connectivity index (χ0) is 10.3. The van der Waals surface area contributed by atoms with Gasteiger partial charge in [-0.05, 0) is 26.2 Å². The van der Waals surface area contributed by atoms with E-state index in [2.05, 4.69) is 4.74 Å². The highest BCUT2D eigenvalue weighted by atomic mass is 32.2. The fraction of sp³-hybridized carbons (Fsp3) is 0.857. The average Bonchev–Trinajstić information content (AvgIpc) is 1.97. The first-order valence-electron chi connectivity index (χ1n) is 3.93. The molecule has 0 aromatic heterocycles. The van der Waals surface area contributed by atoms with E-state index in [9.17, 15) is 13.2 Å². The van der Waals surface area contributed by atoms with Crippen molar-refractivity contribution < 1.29 is 22.5 Å². The number of hydrogen-bond donors (Lipinski definition) is 1. The van der Waals surface area contributed by atoms with E-state index in [1.807, 2.05) is 0 Å². The summed E-state index contributed by atoms with van der Waals surface area (Å²) in [4.78, 5) is 9.72. The Morgan fingerprint density at radius 1 is 1.46 bits per heavy atom. The van der Waals surface area contributed by atoms with Crippen LogP contribution in [0.3, 0.4) is 0 Å². The minimum atomic E-state index is -3.85. The van der Waals surface area contributed by atoms with Crippen LogP contribution in [0.25, 0.3) is 0 Å². The molecule has 0 saturated carbocycles. The molecule has 0 aromatic rings. The third kappa shape index (κ3) is 9.29. The Morgan fingerprint density at radius 3 is 2.54 bits per heavy atom. The van der Waals surface area contributed by atoms with Gasteiger partial charge in [0.05, 0.1) is 11.9 Å². The molecule has 1 radical (unpaired) electrons. The van der Waals surface area contributed by atoms with Crippen molar-refractivity contribution >= 4 is 16.6 Å². The molecule has 0 aromatic carbocycles. The highest BCUT2D eigenvalue weighted by Crippen LogP contribution is 2.04. The van der Waals surface area contributed by atoms with Gasteiger partial charge in [0.15, 0.2) is 0 Å². The average molecular weight is 209 g/mol. The number of carbonyl (C=O) groups excluding carboxylic acids is 1. The van der Waals surface area contributed by atoms with Crippen molar-refractivity contribution in [3.05, 3.63) is 0 Å². The summed E-state index contributed by atoms with van der Waals surface area (Å²) < 4.78 is 33.3. The highest BCUT2D eigenvalue weighted by molar-refractivity contribution is 7.85. The summed E-state index contributed by atoms with van der Waals surface area (Å²) >= 11 is 0. The summed E-state index contributed by atoms with van der Waals surface area (Å²) in [5, 5.41) is 0. The molecule has 0 saturated heterocycles. The van der Waals surface area contributed by atoms with E-state index in [1.165, 1.54) is 6.47 Å². The van der Waals surface area contributed by atoms with E-state index in [-0.39, 0.29) is 11.9 Å². The Bertz CT molecular complexity index is 233. The SMILES string of the molecule is CC(CCCCS(=O)(=O)O)O[C]=O. The number of rotatable bonds is 7. The number of ether oxygens (including phenoxy) is 1. The molecule has 0 fully saturated rings. The van der Waals surface area contributed by atoms with Crippen LogP contribution in [-0.4, -0.2) is 31.3 Å². The fourth-order valence-corrected chi connectivity index (χ4v) is 1.43. The second kappa shape index (κ2) is 5.93. The molecule has 1 N–H and O–H groups in total. The first kappa shape index (κ1) is 12.4. The van der Waals surface area contributed by atoms with Crippen LogP contribution in [0.1, 0.15) is 26.2 Å². The summed E-state index contributed by atoms with van der Waals surface area (Å²) in [5.74, 6) is -0.246. The maximum Gasteiger partial charge on any atom is 0.417 e. The molecule has 5 nitrogen and oxygen atoms in total. The van der Waals surface area contributed by atoms with Gasteiger partial charge in [-0.2, -0.15) is 8.42 Å². The van der Waals surface area contributed by atoms with Crippen molar-refractivity contribution in [1.82, 2.24) is 0 Å². The molecule has 6 heteroatoms. The molecule has 0 aliphatic heterocycles. The molecule has 1 unspecified atom stereocenters. The molecule has 1 atom stereocenters. The molecular formula is C7H13O5S. The van der Waals surface area contributed by atoms with Gasteiger partial charge in [-0.3, -0.25) is 4.55 Å². The minimum absolute atomic E-state index is 0.246. The summed E-state index contributed by atoms with van der Waals surface area (Å²) in [7, 11) is -3.85. The smallest absolute Gasteiger partial charge is 0.417 e. The van der Waals surface area contributed by atoms with Crippen molar-refractivity contribution in [2.24, 2.45) is 0 Å². The minimum Gasteiger partial charge on any atom is -0.454 e. The monoisotopic (exact) mass is 209 g/mol. The fourth-order valence-electron chi connectivity index (χ4n) is 0.857. The van der Waals surface area contributed by atoms with Crippen LogP contribution in [0.4, 0.5) is 0 Å². The molecule has 0 rings (SSSR count). The van der Waals surface area contributed by atoms with Crippen LogP contribution in [0, 0.1) is 0 Å². The summed E-state index contributed by atoms with van der Waals surface area (Å²) in [6.07, 6.45) is 1.28. The lowest BCUT2D eigenvalue weighted by molar-refractivity contribution is 0.182.